The van der Waals surface area contributed by atoms with Crippen LogP contribution in [0.3, 0.4) is 0 Å². The fourth-order valence-electron chi connectivity index (χ4n) is 3.43. The molecule has 1 fully saturated rings. The number of aromatic amines is 1. The van der Waals surface area contributed by atoms with Crippen molar-refractivity contribution >= 4 is 10.9 Å². The zero-order valence-corrected chi connectivity index (χ0v) is 11.2. The second-order valence-corrected chi connectivity index (χ2v) is 5.50. The minimum Gasteiger partial charge on any atom is -0.396 e. The van der Waals surface area contributed by atoms with Crippen LogP contribution < -0.4 is 5.32 Å². The van der Waals surface area contributed by atoms with Gasteiger partial charge in [0.1, 0.15) is 0 Å². The van der Waals surface area contributed by atoms with E-state index in [9.17, 15) is 5.11 Å². The molecule has 1 atom stereocenters. The van der Waals surface area contributed by atoms with E-state index in [0.29, 0.717) is 11.8 Å². The van der Waals surface area contributed by atoms with Crippen molar-refractivity contribution in [1.29, 1.82) is 0 Å². The Morgan fingerprint density at radius 1 is 1.21 bits per heavy atom. The third-order valence-electron chi connectivity index (χ3n) is 4.41. The first kappa shape index (κ1) is 12.7. The van der Waals surface area contributed by atoms with Crippen LogP contribution in [0, 0.1) is 5.92 Å². The molecule has 19 heavy (non-hydrogen) atoms. The van der Waals surface area contributed by atoms with Gasteiger partial charge in [0.05, 0.1) is 0 Å². The Bertz CT molecular complexity index is 528. The molecular weight excluding hydrogens is 236 g/mol. The smallest absolute Gasteiger partial charge is 0.0456 e. The Hall–Kier alpha value is -1.32. The van der Waals surface area contributed by atoms with E-state index < -0.39 is 0 Å². The van der Waals surface area contributed by atoms with Crippen molar-refractivity contribution in [2.75, 3.05) is 19.7 Å². The number of nitrogens with one attached hydrogen (secondary N) is 2. The van der Waals surface area contributed by atoms with Crippen LogP contribution in [0.4, 0.5) is 0 Å². The van der Waals surface area contributed by atoms with Crippen LogP contribution in [0.25, 0.3) is 10.9 Å². The van der Waals surface area contributed by atoms with E-state index in [0.717, 1.165) is 19.5 Å². The number of fused-ring (bicyclic) bond motifs is 1. The lowest BCUT2D eigenvalue weighted by Crippen LogP contribution is -2.31. The Morgan fingerprint density at radius 3 is 2.79 bits per heavy atom. The van der Waals surface area contributed by atoms with Gasteiger partial charge in [-0.15, -0.1) is 0 Å². The van der Waals surface area contributed by atoms with Crippen molar-refractivity contribution < 1.29 is 5.11 Å². The summed E-state index contributed by atoms with van der Waals surface area (Å²) in [6.07, 6.45) is 5.44. The number of aliphatic hydroxyl groups is 1. The summed E-state index contributed by atoms with van der Waals surface area (Å²) in [6.45, 7) is 2.48. The lowest BCUT2D eigenvalue weighted by atomic mass is 9.78. The first-order valence-electron chi connectivity index (χ1n) is 7.27. The molecule has 1 saturated heterocycles. The number of rotatable bonds is 4. The summed E-state index contributed by atoms with van der Waals surface area (Å²) in [5.41, 5.74) is 2.59. The van der Waals surface area contributed by atoms with Crippen LogP contribution in [0.2, 0.25) is 0 Å². The highest BCUT2D eigenvalue weighted by molar-refractivity contribution is 5.83. The third kappa shape index (κ3) is 2.53. The highest BCUT2D eigenvalue weighted by Crippen LogP contribution is 2.37. The van der Waals surface area contributed by atoms with Gasteiger partial charge in [-0.05, 0) is 55.8 Å². The molecule has 1 aliphatic rings. The summed E-state index contributed by atoms with van der Waals surface area (Å²) in [6, 6.07) is 8.47. The predicted octanol–water partition coefficient (Wildman–Crippen LogP) is 2.63. The monoisotopic (exact) mass is 258 g/mol. The van der Waals surface area contributed by atoms with Crippen molar-refractivity contribution in [3.63, 3.8) is 0 Å². The average Bonchev–Trinajstić information content (AvgIpc) is 2.89. The van der Waals surface area contributed by atoms with Crippen LogP contribution in [0.5, 0.6) is 0 Å². The molecule has 2 heterocycles. The number of aromatic nitrogens is 1. The summed E-state index contributed by atoms with van der Waals surface area (Å²) < 4.78 is 0. The maximum Gasteiger partial charge on any atom is 0.0456 e. The minimum absolute atomic E-state index is 0.272. The van der Waals surface area contributed by atoms with Crippen LogP contribution in [0.1, 0.15) is 30.7 Å². The van der Waals surface area contributed by atoms with E-state index in [1.165, 1.54) is 29.3 Å². The molecule has 0 amide bonds. The molecule has 3 N–H and O–H groups in total. The summed E-state index contributed by atoms with van der Waals surface area (Å²) in [5.74, 6) is 1.16. The van der Waals surface area contributed by atoms with Crippen LogP contribution in [-0.4, -0.2) is 29.8 Å². The summed E-state index contributed by atoms with van der Waals surface area (Å²) in [7, 11) is 0. The van der Waals surface area contributed by atoms with Crippen molar-refractivity contribution in [2.45, 2.75) is 25.2 Å². The summed E-state index contributed by atoms with van der Waals surface area (Å²) >= 11 is 0. The number of para-hydroxylation sites is 1. The average molecular weight is 258 g/mol. The topological polar surface area (TPSA) is 48.0 Å². The molecule has 3 rings (SSSR count). The SMILES string of the molecule is OCCC(c1c[nH]c2ccccc12)C1CCNCC1. The Balaban J connectivity index is 1.94. The summed E-state index contributed by atoms with van der Waals surface area (Å²) in [5, 5.41) is 14.2. The van der Waals surface area contributed by atoms with Gasteiger partial charge in [-0.25, -0.2) is 0 Å². The molecule has 3 heteroatoms. The fraction of sp³-hybridized carbons (Fsp3) is 0.500. The van der Waals surface area contributed by atoms with E-state index in [-0.39, 0.29) is 6.61 Å². The Morgan fingerprint density at radius 2 is 2.00 bits per heavy atom. The quantitative estimate of drug-likeness (QED) is 0.789. The van der Waals surface area contributed by atoms with Gasteiger partial charge < -0.3 is 15.4 Å². The van der Waals surface area contributed by atoms with E-state index in [2.05, 4.69) is 40.8 Å². The van der Waals surface area contributed by atoms with E-state index in [4.69, 9.17) is 0 Å². The van der Waals surface area contributed by atoms with Gasteiger partial charge in [-0.3, -0.25) is 0 Å². The van der Waals surface area contributed by atoms with Crippen molar-refractivity contribution in [3.8, 4) is 0 Å². The molecule has 1 aromatic heterocycles. The number of piperidine rings is 1. The van der Waals surface area contributed by atoms with Crippen LogP contribution in [0.15, 0.2) is 30.5 Å². The second-order valence-electron chi connectivity index (χ2n) is 5.50. The van der Waals surface area contributed by atoms with Crippen molar-refractivity contribution in [2.24, 2.45) is 5.92 Å². The zero-order chi connectivity index (χ0) is 13.1. The van der Waals surface area contributed by atoms with E-state index >= 15 is 0 Å². The van der Waals surface area contributed by atoms with Gasteiger partial charge in [-0.1, -0.05) is 18.2 Å². The molecule has 1 aromatic carbocycles. The predicted molar refractivity (Wildman–Crippen MR) is 78.3 cm³/mol. The summed E-state index contributed by atoms with van der Waals surface area (Å²) in [4.78, 5) is 3.37. The molecular formula is C16H22N2O. The highest BCUT2D eigenvalue weighted by Gasteiger charge is 2.26. The fourth-order valence-corrected chi connectivity index (χ4v) is 3.43. The number of aliphatic hydroxyl groups excluding tert-OH is 1. The molecule has 102 valence electrons. The van der Waals surface area contributed by atoms with Crippen LogP contribution in [-0.2, 0) is 0 Å². The van der Waals surface area contributed by atoms with E-state index in [1.54, 1.807) is 0 Å². The first-order chi connectivity index (χ1) is 9.40. The standard InChI is InChI=1S/C16H22N2O/c19-10-7-13(12-5-8-17-9-6-12)15-11-18-16-4-2-1-3-14(15)16/h1-4,11-13,17-19H,5-10H2. The number of hydrogen-bond acceptors (Lipinski definition) is 2. The maximum atomic E-state index is 9.41. The molecule has 1 aliphatic heterocycles. The van der Waals surface area contributed by atoms with Gasteiger partial charge in [0.2, 0.25) is 0 Å². The molecule has 0 saturated carbocycles. The number of benzene rings is 1. The Labute approximate surface area is 114 Å². The Kier molecular flexibility index (Phi) is 3.85. The van der Waals surface area contributed by atoms with Gasteiger partial charge in [-0.2, -0.15) is 0 Å². The maximum absolute atomic E-state index is 9.41. The second kappa shape index (κ2) is 5.76. The van der Waals surface area contributed by atoms with Crippen molar-refractivity contribution in [3.05, 3.63) is 36.0 Å². The first-order valence-corrected chi connectivity index (χ1v) is 7.27. The molecule has 0 aliphatic carbocycles. The molecule has 1 unspecified atom stereocenters. The van der Waals surface area contributed by atoms with Gasteiger partial charge in [0.25, 0.3) is 0 Å². The zero-order valence-electron chi connectivity index (χ0n) is 11.2. The minimum atomic E-state index is 0.272. The molecule has 2 aromatic rings. The van der Waals surface area contributed by atoms with Gasteiger partial charge >= 0.3 is 0 Å². The van der Waals surface area contributed by atoms with Crippen molar-refractivity contribution in [1.82, 2.24) is 10.3 Å². The lowest BCUT2D eigenvalue weighted by Gasteiger charge is -2.30. The van der Waals surface area contributed by atoms with E-state index in [1.807, 2.05) is 0 Å². The number of hydrogen-bond donors (Lipinski definition) is 3. The number of H-pyrrole nitrogens is 1. The van der Waals surface area contributed by atoms with Gasteiger partial charge in [0, 0.05) is 23.7 Å². The lowest BCUT2D eigenvalue weighted by molar-refractivity contribution is 0.234. The molecule has 0 radical (unpaired) electrons. The normalized spacial score (nSPS) is 18.8. The van der Waals surface area contributed by atoms with Gasteiger partial charge in [0.15, 0.2) is 0 Å². The molecule has 0 spiro atoms. The highest BCUT2D eigenvalue weighted by atomic mass is 16.3. The van der Waals surface area contributed by atoms with Crippen LogP contribution >= 0.6 is 0 Å². The third-order valence-corrected chi connectivity index (χ3v) is 4.41. The largest absolute Gasteiger partial charge is 0.396 e. The molecule has 0 bridgehead atoms. The molecule has 3 nitrogen and oxygen atoms in total.